The molecule has 0 radical (unpaired) electrons. The highest BCUT2D eigenvalue weighted by Crippen LogP contribution is 2.47. The van der Waals surface area contributed by atoms with Gasteiger partial charge in [0.2, 0.25) is 0 Å². The number of benzene rings is 8. The maximum absolute atomic E-state index is 9.62. The van der Waals surface area contributed by atoms with Gasteiger partial charge in [-0.1, -0.05) is 145 Å². The van der Waals surface area contributed by atoms with Gasteiger partial charge in [0.05, 0.1) is 38.4 Å². The molecule has 0 bridgehead atoms. The molecule has 0 fully saturated rings. The first-order valence-corrected chi connectivity index (χ1v) is 13.2. The van der Waals surface area contributed by atoms with Gasteiger partial charge in [-0.05, 0) is 90.2 Å². The van der Waals surface area contributed by atoms with E-state index in [2.05, 4.69) is 0 Å². The molecule has 210 valence electrons. The third-order valence-electron chi connectivity index (χ3n) is 7.07. The van der Waals surface area contributed by atoms with Crippen molar-refractivity contribution in [3.8, 4) is 44.5 Å². The normalized spacial score (nSPS) is 20.3. The van der Waals surface area contributed by atoms with Crippen molar-refractivity contribution in [1.29, 1.82) is 0 Å². The standard InChI is InChI=1S/C44H28O/c1-3-13-29(14-4-1)31-17-11-18-33(27-31)42-34-19-7-9-21-36(34)43(37-22-10-8-20-35(37)42)39-23-12-24-40-44(39)38-26-25-32(28-41(38)45-40)30-15-5-2-6-16-30/h1-28H/i1D,2D,3D,4D,5D,6D,7D,8D,9D,10D,11D,12D,13D,14D,15D,16D,17D,18D,19D,20D,21D,22D,23D,24D,25D,26D,27D,28D. The molecule has 9 aromatic rings. The van der Waals surface area contributed by atoms with Gasteiger partial charge in [-0.3, -0.25) is 0 Å². The van der Waals surface area contributed by atoms with Crippen LogP contribution in [0.25, 0.3) is 88.0 Å². The zero-order valence-corrected chi connectivity index (χ0v) is 22.4. The molecule has 1 heterocycles. The van der Waals surface area contributed by atoms with Gasteiger partial charge in [-0.15, -0.1) is 0 Å². The summed E-state index contributed by atoms with van der Waals surface area (Å²) in [7, 11) is 0. The molecule has 0 aliphatic rings. The third-order valence-corrected chi connectivity index (χ3v) is 7.07. The van der Waals surface area contributed by atoms with Crippen molar-refractivity contribution in [3.63, 3.8) is 0 Å². The van der Waals surface area contributed by atoms with E-state index in [0.717, 1.165) is 0 Å². The first kappa shape index (κ1) is 10.1. The Morgan fingerprint density at radius 1 is 0.333 bits per heavy atom. The van der Waals surface area contributed by atoms with Crippen LogP contribution in [-0.4, -0.2) is 0 Å². The lowest BCUT2D eigenvalue weighted by Gasteiger charge is -2.18. The summed E-state index contributed by atoms with van der Waals surface area (Å²) in [6.07, 6.45) is 0. The van der Waals surface area contributed by atoms with Crippen molar-refractivity contribution in [2.24, 2.45) is 0 Å². The van der Waals surface area contributed by atoms with Gasteiger partial charge < -0.3 is 4.42 Å². The summed E-state index contributed by atoms with van der Waals surface area (Å²) in [5.41, 5.74) is -7.54. The third kappa shape index (κ3) is 4.17. The first-order chi connectivity index (χ1) is 34.0. The summed E-state index contributed by atoms with van der Waals surface area (Å²) >= 11 is 0. The van der Waals surface area contributed by atoms with Crippen LogP contribution < -0.4 is 0 Å². The van der Waals surface area contributed by atoms with Gasteiger partial charge >= 0.3 is 0 Å². The Balaban J connectivity index is 1.60. The summed E-state index contributed by atoms with van der Waals surface area (Å²) in [5.74, 6) is 0. The summed E-state index contributed by atoms with van der Waals surface area (Å²) < 4.78 is 255. The molecule has 0 aliphatic heterocycles. The van der Waals surface area contributed by atoms with E-state index in [1.54, 1.807) is 0 Å². The predicted octanol–water partition coefficient (Wildman–Crippen LogP) is 12.6. The molecule has 0 saturated heterocycles. The molecular formula is C44H28O. The van der Waals surface area contributed by atoms with Crippen LogP contribution in [0.1, 0.15) is 38.4 Å². The van der Waals surface area contributed by atoms with Crippen molar-refractivity contribution in [3.05, 3.63) is 169 Å². The second-order valence-electron chi connectivity index (χ2n) is 9.51. The summed E-state index contributed by atoms with van der Waals surface area (Å²) in [4.78, 5) is 0. The molecule has 0 saturated carbocycles. The fraction of sp³-hybridized carbons (Fsp3) is 0. The molecule has 1 nitrogen and oxygen atoms in total. The molecule has 0 unspecified atom stereocenters. The van der Waals surface area contributed by atoms with Crippen molar-refractivity contribution < 1.29 is 42.8 Å². The Labute approximate surface area is 301 Å². The van der Waals surface area contributed by atoms with Crippen LogP contribution in [0.15, 0.2) is 174 Å². The lowest BCUT2D eigenvalue weighted by atomic mass is 9.84. The lowest BCUT2D eigenvalue weighted by Crippen LogP contribution is -1.91. The average molecular weight is 601 g/mol. The zero-order chi connectivity index (χ0) is 54.1. The van der Waals surface area contributed by atoms with E-state index >= 15 is 0 Å². The van der Waals surface area contributed by atoms with Crippen LogP contribution >= 0.6 is 0 Å². The highest BCUT2D eigenvalue weighted by atomic mass is 16.3. The molecule has 0 aliphatic carbocycles. The van der Waals surface area contributed by atoms with Gasteiger partial charge in [0.1, 0.15) is 11.2 Å². The van der Waals surface area contributed by atoms with E-state index in [0.29, 0.717) is 0 Å². The lowest BCUT2D eigenvalue weighted by molar-refractivity contribution is 0.669. The molecule has 1 aromatic heterocycles. The molecule has 9 rings (SSSR count). The number of furan rings is 1. The van der Waals surface area contributed by atoms with Crippen LogP contribution in [-0.2, 0) is 0 Å². The topological polar surface area (TPSA) is 13.1 Å². The highest BCUT2D eigenvalue weighted by Gasteiger charge is 2.20. The van der Waals surface area contributed by atoms with E-state index in [9.17, 15) is 13.7 Å². The fourth-order valence-electron chi connectivity index (χ4n) is 5.23. The van der Waals surface area contributed by atoms with Crippen molar-refractivity contribution in [1.82, 2.24) is 0 Å². The monoisotopic (exact) mass is 600 g/mol. The molecule has 0 atom stereocenters. The van der Waals surface area contributed by atoms with Gasteiger partial charge in [0.25, 0.3) is 0 Å². The van der Waals surface area contributed by atoms with Gasteiger partial charge in [0.15, 0.2) is 0 Å². The zero-order valence-electron chi connectivity index (χ0n) is 50.4. The second-order valence-corrected chi connectivity index (χ2v) is 9.51. The fourth-order valence-corrected chi connectivity index (χ4v) is 5.23. The number of fused-ring (bicyclic) bond motifs is 5. The van der Waals surface area contributed by atoms with E-state index in [-0.39, 0.29) is 0 Å². The van der Waals surface area contributed by atoms with Crippen LogP contribution in [0, 0.1) is 0 Å². The average Bonchev–Trinajstić information content (AvgIpc) is 3.76. The maximum atomic E-state index is 9.62. The molecule has 8 aromatic carbocycles. The SMILES string of the molecule is [2H]c1c([2H])c([2H])c(-c2c([2H])c([2H])c([2H])c(-c3c4c([2H])c([2H])c([2H])c([2H])c4c(-c4c([2H])c([2H])c([2H])c5oc6c([2H])c(-c7c([2H])c([2H])c([2H])c([2H])c7[2H])c([2H])c([2H])c6c45)c4c([2H])c([2H])c([2H])c([2H])c34)c2[2H])c([2H])c1[2H]. The molecule has 45 heavy (non-hydrogen) atoms. The molecule has 0 spiro atoms. The van der Waals surface area contributed by atoms with Crippen LogP contribution in [0.4, 0.5) is 0 Å². The maximum Gasteiger partial charge on any atom is 0.136 e. The minimum atomic E-state index is -1.06. The van der Waals surface area contributed by atoms with Crippen molar-refractivity contribution in [2.75, 3.05) is 0 Å². The van der Waals surface area contributed by atoms with Crippen LogP contribution in [0.5, 0.6) is 0 Å². The Kier molecular flexibility index (Phi) is 2.32. The predicted molar refractivity (Wildman–Crippen MR) is 190 cm³/mol. The van der Waals surface area contributed by atoms with E-state index < -0.39 is 257 Å². The Morgan fingerprint density at radius 2 is 0.844 bits per heavy atom. The minimum absolute atomic E-state index is 0.589. The van der Waals surface area contributed by atoms with E-state index in [1.807, 2.05) is 0 Å². The van der Waals surface area contributed by atoms with Gasteiger partial charge in [0, 0.05) is 10.8 Å². The Morgan fingerprint density at radius 3 is 1.49 bits per heavy atom. The summed E-state index contributed by atoms with van der Waals surface area (Å²) in [5, 5.41) is -4.26. The van der Waals surface area contributed by atoms with E-state index in [1.165, 1.54) is 0 Å². The molecular weight excluding hydrogens is 544 g/mol. The second kappa shape index (κ2) is 10.4. The molecule has 0 N–H and O–H groups in total. The molecule has 1 heteroatoms. The Bertz CT molecular complexity index is 3980. The van der Waals surface area contributed by atoms with Crippen molar-refractivity contribution >= 4 is 43.5 Å². The number of hydrogen-bond donors (Lipinski definition) is 0. The molecule has 0 amide bonds. The summed E-state index contributed by atoms with van der Waals surface area (Å²) in [6, 6.07) is -26.8. The quantitative estimate of drug-likeness (QED) is 0.183. The van der Waals surface area contributed by atoms with Crippen LogP contribution in [0.3, 0.4) is 0 Å². The number of hydrogen-bond acceptors (Lipinski definition) is 1. The minimum Gasteiger partial charge on any atom is -0.456 e. The smallest absolute Gasteiger partial charge is 0.136 e. The number of rotatable bonds is 4. The van der Waals surface area contributed by atoms with Crippen molar-refractivity contribution in [2.45, 2.75) is 0 Å². The first-order valence-electron chi connectivity index (χ1n) is 27.2. The van der Waals surface area contributed by atoms with Gasteiger partial charge in [-0.25, -0.2) is 0 Å². The van der Waals surface area contributed by atoms with Gasteiger partial charge in [-0.2, -0.15) is 0 Å². The Hall–Kier alpha value is -5.92. The highest BCUT2D eigenvalue weighted by molar-refractivity contribution is 6.25. The summed E-state index contributed by atoms with van der Waals surface area (Å²) in [6.45, 7) is 0. The largest absolute Gasteiger partial charge is 0.456 e. The van der Waals surface area contributed by atoms with E-state index in [4.69, 9.17) is 29.1 Å². The van der Waals surface area contributed by atoms with Crippen LogP contribution in [0.2, 0.25) is 0 Å².